The zero-order valence-electron chi connectivity index (χ0n) is 14.3. The van der Waals surface area contributed by atoms with Crippen LogP contribution in [0.5, 0.6) is 0 Å². The van der Waals surface area contributed by atoms with E-state index in [0.29, 0.717) is 6.54 Å². The van der Waals surface area contributed by atoms with Crippen LogP contribution in [0.3, 0.4) is 0 Å². The molecule has 1 aromatic rings. The number of benzene rings is 1. The minimum atomic E-state index is -0.250. The second kappa shape index (κ2) is 11.6. The molecule has 1 amide bonds. The third kappa shape index (κ3) is 7.10. The SMILES string of the molecule is CCc1ccccc1C(=O)NCCCN1CCCC(O)C1.O=CO. The van der Waals surface area contributed by atoms with Crippen molar-refractivity contribution in [3.8, 4) is 0 Å². The number of piperidine rings is 1. The topological polar surface area (TPSA) is 89.9 Å². The number of carbonyl (C=O) groups is 2. The summed E-state index contributed by atoms with van der Waals surface area (Å²) in [6, 6.07) is 7.76. The summed E-state index contributed by atoms with van der Waals surface area (Å²) in [5.41, 5.74) is 1.88. The van der Waals surface area contributed by atoms with Crippen molar-refractivity contribution >= 4 is 12.4 Å². The van der Waals surface area contributed by atoms with Crippen molar-refractivity contribution < 1.29 is 19.8 Å². The number of aliphatic hydroxyl groups is 1. The normalized spacial score (nSPS) is 17.5. The van der Waals surface area contributed by atoms with Crippen LogP contribution in [0.25, 0.3) is 0 Å². The molecule has 134 valence electrons. The van der Waals surface area contributed by atoms with E-state index >= 15 is 0 Å². The maximum Gasteiger partial charge on any atom is 0.290 e. The molecule has 24 heavy (non-hydrogen) atoms. The number of rotatable bonds is 6. The molecular formula is C18H28N2O4. The van der Waals surface area contributed by atoms with E-state index in [2.05, 4.69) is 17.1 Å². The van der Waals surface area contributed by atoms with Gasteiger partial charge in [0, 0.05) is 18.7 Å². The summed E-state index contributed by atoms with van der Waals surface area (Å²) in [6.45, 7) is 5.26. The van der Waals surface area contributed by atoms with Crippen molar-refractivity contribution in [3.05, 3.63) is 35.4 Å². The maximum absolute atomic E-state index is 12.2. The van der Waals surface area contributed by atoms with Gasteiger partial charge >= 0.3 is 0 Å². The van der Waals surface area contributed by atoms with Crippen LogP contribution in [0.2, 0.25) is 0 Å². The number of β-amino-alcohol motifs (C(OH)–C–C–N with tert-alkyl or cyclic N) is 1. The lowest BCUT2D eigenvalue weighted by molar-refractivity contribution is -0.122. The van der Waals surface area contributed by atoms with Crippen molar-refractivity contribution in [1.29, 1.82) is 0 Å². The van der Waals surface area contributed by atoms with E-state index in [1.54, 1.807) is 0 Å². The number of aryl methyl sites for hydroxylation is 1. The van der Waals surface area contributed by atoms with Gasteiger partial charge in [-0.1, -0.05) is 25.1 Å². The van der Waals surface area contributed by atoms with Gasteiger partial charge < -0.3 is 20.4 Å². The van der Waals surface area contributed by atoms with E-state index in [-0.39, 0.29) is 18.5 Å². The summed E-state index contributed by atoms with van der Waals surface area (Å²) < 4.78 is 0. The quantitative estimate of drug-likeness (QED) is 0.541. The van der Waals surface area contributed by atoms with Gasteiger partial charge in [0.15, 0.2) is 0 Å². The summed E-state index contributed by atoms with van der Waals surface area (Å²) in [7, 11) is 0. The molecule has 1 saturated heterocycles. The molecule has 1 aliphatic rings. The molecule has 1 fully saturated rings. The molecule has 0 radical (unpaired) electrons. The van der Waals surface area contributed by atoms with Gasteiger partial charge in [0.25, 0.3) is 12.4 Å². The highest BCUT2D eigenvalue weighted by Gasteiger charge is 2.17. The number of hydrogen-bond acceptors (Lipinski definition) is 4. The fraction of sp³-hybridized carbons (Fsp3) is 0.556. The van der Waals surface area contributed by atoms with Crippen LogP contribution in [0, 0.1) is 0 Å². The van der Waals surface area contributed by atoms with Crippen molar-refractivity contribution in [2.75, 3.05) is 26.2 Å². The van der Waals surface area contributed by atoms with E-state index in [9.17, 15) is 9.90 Å². The fourth-order valence-electron chi connectivity index (χ4n) is 2.88. The van der Waals surface area contributed by atoms with E-state index in [4.69, 9.17) is 9.90 Å². The number of hydrogen-bond donors (Lipinski definition) is 3. The third-order valence-corrected chi connectivity index (χ3v) is 4.06. The molecule has 0 bridgehead atoms. The summed E-state index contributed by atoms with van der Waals surface area (Å²) in [6.07, 6.45) is 3.60. The Bertz CT molecular complexity index is 508. The highest BCUT2D eigenvalue weighted by Crippen LogP contribution is 2.10. The first-order valence-corrected chi connectivity index (χ1v) is 8.46. The first kappa shape index (κ1) is 20.1. The number of carboxylic acid groups (broad SMARTS) is 1. The van der Waals surface area contributed by atoms with Gasteiger partial charge in [0.2, 0.25) is 0 Å². The lowest BCUT2D eigenvalue weighted by Crippen LogP contribution is -2.39. The largest absolute Gasteiger partial charge is 0.483 e. The molecule has 1 unspecified atom stereocenters. The van der Waals surface area contributed by atoms with E-state index in [0.717, 1.165) is 56.4 Å². The maximum atomic E-state index is 12.2. The van der Waals surface area contributed by atoms with Crippen LogP contribution in [0.15, 0.2) is 24.3 Å². The van der Waals surface area contributed by atoms with Gasteiger partial charge in [-0.05, 0) is 50.4 Å². The molecule has 1 atom stereocenters. The predicted molar refractivity (Wildman–Crippen MR) is 93.1 cm³/mol. The van der Waals surface area contributed by atoms with Crippen molar-refractivity contribution in [1.82, 2.24) is 10.2 Å². The Morgan fingerprint density at radius 3 is 2.79 bits per heavy atom. The van der Waals surface area contributed by atoms with Gasteiger partial charge in [-0.3, -0.25) is 9.59 Å². The van der Waals surface area contributed by atoms with Gasteiger partial charge in [0.1, 0.15) is 0 Å². The van der Waals surface area contributed by atoms with Gasteiger partial charge in [-0.2, -0.15) is 0 Å². The molecule has 3 N–H and O–H groups in total. The molecule has 0 spiro atoms. The second-order valence-corrected chi connectivity index (χ2v) is 5.82. The lowest BCUT2D eigenvalue weighted by atomic mass is 10.0. The van der Waals surface area contributed by atoms with Gasteiger partial charge in [-0.15, -0.1) is 0 Å². The van der Waals surface area contributed by atoms with E-state index in [1.165, 1.54) is 0 Å². The molecule has 2 rings (SSSR count). The molecule has 6 nitrogen and oxygen atoms in total. The Morgan fingerprint density at radius 1 is 1.42 bits per heavy atom. The lowest BCUT2D eigenvalue weighted by Gasteiger charge is -2.29. The Hall–Kier alpha value is -1.92. The highest BCUT2D eigenvalue weighted by molar-refractivity contribution is 5.95. The Morgan fingerprint density at radius 2 is 2.12 bits per heavy atom. The van der Waals surface area contributed by atoms with Crippen LogP contribution in [-0.2, 0) is 11.2 Å². The second-order valence-electron chi connectivity index (χ2n) is 5.82. The number of likely N-dealkylation sites (tertiary alicyclic amines) is 1. The average molecular weight is 336 g/mol. The average Bonchev–Trinajstić information content (AvgIpc) is 2.59. The van der Waals surface area contributed by atoms with Gasteiger partial charge in [-0.25, -0.2) is 0 Å². The predicted octanol–water partition coefficient (Wildman–Crippen LogP) is 1.53. The number of nitrogens with zero attached hydrogens (tertiary/aromatic N) is 1. The molecular weight excluding hydrogens is 308 g/mol. The summed E-state index contributed by atoms with van der Waals surface area (Å²) in [5.74, 6) is 0.0196. The van der Waals surface area contributed by atoms with Crippen LogP contribution >= 0.6 is 0 Å². The van der Waals surface area contributed by atoms with Crippen LogP contribution in [0.1, 0.15) is 42.1 Å². The van der Waals surface area contributed by atoms with Crippen molar-refractivity contribution in [2.45, 2.75) is 38.7 Å². The highest BCUT2D eigenvalue weighted by atomic mass is 16.3. The monoisotopic (exact) mass is 336 g/mol. The molecule has 0 saturated carbocycles. The van der Waals surface area contributed by atoms with Crippen molar-refractivity contribution in [3.63, 3.8) is 0 Å². The number of carbonyl (C=O) groups excluding carboxylic acids is 1. The zero-order chi connectivity index (χ0) is 17.8. The Labute approximate surface area is 143 Å². The minimum Gasteiger partial charge on any atom is -0.483 e. The molecule has 0 aromatic heterocycles. The summed E-state index contributed by atoms with van der Waals surface area (Å²) in [5, 5.41) is 19.5. The molecule has 6 heteroatoms. The zero-order valence-corrected chi connectivity index (χ0v) is 14.3. The Balaban J connectivity index is 0.000000891. The van der Waals surface area contributed by atoms with E-state index < -0.39 is 0 Å². The van der Waals surface area contributed by atoms with Gasteiger partial charge in [0.05, 0.1) is 6.10 Å². The Kier molecular flexibility index (Phi) is 9.72. The smallest absolute Gasteiger partial charge is 0.290 e. The first-order valence-electron chi connectivity index (χ1n) is 8.46. The molecule has 1 aliphatic heterocycles. The summed E-state index contributed by atoms with van der Waals surface area (Å²) in [4.78, 5) is 22.8. The van der Waals surface area contributed by atoms with Crippen LogP contribution in [-0.4, -0.2) is 59.8 Å². The molecule has 1 heterocycles. The standard InChI is InChI=1S/C17H26N2O2.CH2O2/c1-2-14-7-3-4-9-16(14)17(21)18-10-6-12-19-11-5-8-15(20)13-19;2-1-3/h3-4,7,9,15,20H,2,5-6,8,10-13H2,1H3,(H,18,21);1H,(H,2,3). The van der Waals surface area contributed by atoms with E-state index in [1.807, 2.05) is 24.3 Å². The molecule has 1 aromatic carbocycles. The van der Waals surface area contributed by atoms with Crippen LogP contribution < -0.4 is 5.32 Å². The first-order chi connectivity index (χ1) is 11.6. The fourth-order valence-corrected chi connectivity index (χ4v) is 2.88. The number of nitrogens with one attached hydrogen (secondary N) is 1. The molecule has 0 aliphatic carbocycles. The third-order valence-electron chi connectivity index (χ3n) is 4.06. The minimum absolute atomic E-state index is 0.0196. The van der Waals surface area contributed by atoms with Crippen LogP contribution in [0.4, 0.5) is 0 Å². The number of amides is 1. The summed E-state index contributed by atoms with van der Waals surface area (Å²) >= 11 is 0. The number of aliphatic hydroxyl groups excluding tert-OH is 1. The van der Waals surface area contributed by atoms with Crippen molar-refractivity contribution in [2.24, 2.45) is 0 Å².